The molecular weight excluding hydrogens is 240 g/mol. The molecule has 0 bridgehead atoms. The molecule has 0 saturated carbocycles. The molecule has 1 aromatic carbocycles. The topological polar surface area (TPSA) is 33.7 Å². The van der Waals surface area contributed by atoms with Crippen LogP contribution in [0.5, 0.6) is 11.5 Å². The summed E-state index contributed by atoms with van der Waals surface area (Å²) in [5.74, 6) is 1.88. The molecule has 0 spiro atoms. The highest BCUT2D eigenvalue weighted by Crippen LogP contribution is 2.25. The number of ether oxygens (including phenoxy) is 2. The van der Waals surface area contributed by atoms with Gasteiger partial charge in [0.15, 0.2) is 0 Å². The van der Waals surface area contributed by atoms with E-state index in [4.69, 9.17) is 9.47 Å². The molecule has 0 aromatic heterocycles. The molecule has 2 rings (SSSR count). The standard InChI is InChI=1S/C15H24N2O2/c1-3-10-19-14-4-5-15(18-2)13(11-14)12-17-8-6-16-7-9-17/h4-5,11,16H,3,6-10,12H2,1-2H3. The molecule has 106 valence electrons. The number of nitrogens with zero attached hydrogens (tertiary/aromatic N) is 1. The summed E-state index contributed by atoms with van der Waals surface area (Å²) in [6.45, 7) is 8.10. The molecule has 0 radical (unpaired) electrons. The first-order chi connectivity index (χ1) is 9.33. The average molecular weight is 264 g/mol. The average Bonchev–Trinajstić information content (AvgIpc) is 2.46. The van der Waals surface area contributed by atoms with E-state index in [-0.39, 0.29) is 0 Å². The van der Waals surface area contributed by atoms with Crippen molar-refractivity contribution < 1.29 is 9.47 Å². The van der Waals surface area contributed by atoms with Crippen molar-refractivity contribution in [2.24, 2.45) is 0 Å². The number of benzene rings is 1. The first-order valence-corrected chi connectivity index (χ1v) is 7.06. The van der Waals surface area contributed by atoms with Gasteiger partial charge in [-0.05, 0) is 24.6 Å². The van der Waals surface area contributed by atoms with E-state index in [9.17, 15) is 0 Å². The first-order valence-electron chi connectivity index (χ1n) is 7.06. The monoisotopic (exact) mass is 264 g/mol. The summed E-state index contributed by atoms with van der Waals surface area (Å²) in [6, 6.07) is 6.09. The number of piperazine rings is 1. The van der Waals surface area contributed by atoms with Crippen LogP contribution in [0.25, 0.3) is 0 Å². The molecule has 4 heteroatoms. The Labute approximate surface area is 115 Å². The summed E-state index contributed by atoms with van der Waals surface area (Å²) in [7, 11) is 1.73. The molecule has 1 heterocycles. The van der Waals surface area contributed by atoms with E-state index in [0.29, 0.717) is 0 Å². The maximum absolute atomic E-state index is 5.70. The Kier molecular flexibility index (Phi) is 5.48. The van der Waals surface area contributed by atoms with Crippen LogP contribution in [0.15, 0.2) is 18.2 Å². The third-order valence-corrected chi connectivity index (χ3v) is 3.33. The van der Waals surface area contributed by atoms with Gasteiger partial charge in [-0.1, -0.05) is 6.92 Å². The van der Waals surface area contributed by atoms with Gasteiger partial charge >= 0.3 is 0 Å². The fourth-order valence-corrected chi connectivity index (χ4v) is 2.30. The molecular formula is C15H24N2O2. The van der Waals surface area contributed by atoms with Gasteiger partial charge in [0.2, 0.25) is 0 Å². The molecule has 1 N–H and O–H groups in total. The zero-order valence-corrected chi connectivity index (χ0v) is 11.9. The lowest BCUT2D eigenvalue weighted by Gasteiger charge is -2.27. The molecule has 1 fully saturated rings. The maximum atomic E-state index is 5.70. The van der Waals surface area contributed by atoms with E-state index < -0.39 is 0 Å². The predicted molar refractivity (Wildman–Crippen MR) is 76.9 cm³/mol. The fraction of sp³-hybridized carbons (Fsp3) is 0.600. The van der Waals surface area contributed by atoms with Crippen molar-refractivity contribution in [1.29, 1.82) is 0 Å². The Hall–Kier alpha value is -1.26. The highest BCUT2D eigenvalue weighted by molar-refractivity contribution is 5.40. The van der Waals surface area contributed by atoms with E-state index in [2.05, 4.69) is 23.2 Å². The number of rotatable bonds is 6. The SMILES string of the molecule is CCCOc1ccc(OC)c(CN2CCNCC2)c1. The third-order valence-electron chi connectivity index (χ3n) is 3.33. The van der Waals surface area contributed by atoms with Crippen molar-refractivity contribution in [2.45, 2.75) is 19.9 Å². The zero-order valence-electron chi connectivity index (χ0n) is 11.9. The summed E-state index contributed by atoms with van der Waals surface area (Å²) < 4.78 is 11.1. The molecule has 0 aliphatic carbocycles. The second-order valence-corrected chi connectivity index (χ2v) is 4.85. The van der Waals surface area contributed by atoms with Crippen LogP contribution in [-0.4, -0.2) is 44.8 Å². The molecule has 0 amide bonds. The van der Waals surface area contributed by atoms with E-state index in [1.54, 1.807) is 7.11 Å². The Balaban J connectivity index is 2.06. The van der Waals surface area contributed by atoms with Gasteiger partial charge in [0.1, 0.15) is 11.5 Å². The Morgan fingerprint density at radius 3 is 2.74 bits per heavy atom. The Morgan fingerprint density at radius 1 is 1.26 bits per heavy atom. The van der Waals surface area contributed by atoms with Crippen molar-refractivity contribution >= 4 is 0 Å². The molecule has 1 saturated heterocycles. The third kappa shape index (κ3) is 4.11. The molecule has 0 unspecified atom stereocenters. The minimum atomic E-state index is 0.763. The van der Waals surface area contributed by atoms with E-state index in [0.717, 1.165) is 57.3 Å². The summed E-state index contributed by atoms with van der Waals surface area (Å²) >= 11 is 0. The fourth-order valence-electron chi connectivity index (χ4n) is 2.30. The van der Waals surface area contributed by atoms with Crippen molar-refractivity contribution in [3.05, 3.63) is 23.8 Å². The quantitative estimate of drug-likeness (QED) is 0.851. The minimum absolute atomic E-state index is 0.763. The van der Waals surface area contributed by atoms with Crippen molar-refractivity contribution in [3.8, 4) is 11.5 Å². The van der Waals surface area contributed by atoms with Crippen LogP contribution in [0.4, 0.5) is 0 Å². The zero-order chi connectivity index (χ0) is 13.5. The predicted octanol–water partition coefficient (Wildman–Crippen LogP) is 1.89. The number of nitrogens with one attached hydrogen (secondary N) is 1. The summed E-state index contributed by atoms with van der Waals surface area (Å²) in [4.78, 5) is 2.44. The van der Waals surface area contributed by atoms with E-state index in [1.807, 2.05) is 12.1 Å². The Bertz CT molecular complexity index is 390. The highest BCUT2D eigenvalue weighted by atomic mass is 16.5. The van der Waals surface area contributed by atoms with Gasteiger partial charge in [-0.3, -0.25) is 4.90 Å². The van der Waals surface area contributed by atoms with E-state index >= 15 is 0 Å². The van der Waals surface area contributed by atoms with Crippen LogP contribution in [0, 0.1) is 0 Å². The molecule has 1 aliphatic heterocycles. The first kappa shape index (κ1) is 14.2. The lowest BCUT2D eigenvalue weighted by atomic mass is 10.1. The van der Waals surface area contributed by atoms with Gasteiger partial charge in [-0.15, -0.1) is 0 Å². The highest BCUT2D eigenvalue weighted by Gasteiger charge is 2.13. The van der Waals surface area contributed by atoms with Crippen molar-refractivity contribution in [1.82, 2.24) is 10.2 Å². The number of hydrogen-bond donors (Lipinski definition) is 1. The normalized spacial score (nSPS) is 16.3. The molecule has 19 heavy (non-hydrogen) atoms. The van der Waals surface area contributed by atoms with Crippen LogP contribution in [0.3, 0.4) is 0 Å². The molecule has 1 aliphatic rings. The van der Waals surface area contributed by atoms with Gasteiger partial charge in [-0.2, -0.15) is 0 Å². The largest absolute Gasteiger partial charge is 0.496 e. The lowest BCUT2D eigenvalue weighted by Crippen LogP contribution is -2.42. The summed E-state index contributed by atoms with van der Waals surface area (Å²) in [5.41, 5.74) is 1.21. The van der Waals surface area contributed by atoms with Crippen LogP contribution in [0.1, 0.15) is 18.9 Å². The minimum Gasteiger partial charge on any atom is -0.496 e. The molecule has 1 aromatic rings. The number of methoxy groups -OCH3 is 1. The maximum Gasteiger partial charge on any atom is 0.123 e. The van der Waals surface area contributed by atoms with Crippen LogP contribution in [0.2, 0.25) is 0 Å². The van der Waals surface area contributed by atoms with Gasteiger partial charge < -0.3 is 14.8 Å². The van der Waals surface area contributed by atoms with Gasteiger partial charge in [-0.25, -0.2) is 0 Å². The van der Waals surface area contributed by atoms with E-state index in [1.165, 1.54) is 5.56 Å². The van der Waals surface area contributed by atoms with Gasteiger partial charge in [0.05, 0.1) is 13.7 Å². The van der Waals surface area contributed by atoms with Crippen LogP contribution >= 0.6 is 0 Å². The summed E-state index contributed by atoms with van der Waals surface area (Å²) in [6.07, 6.45) is 1.03. The second-order valence-electron chi connectivity index (χ2n) is 4.85. The Morgan fingerprint density at radius 2 is 2.05 bits per heavy atom. The van der Waals surface area contributed by atoms with Crippen molar-refractivity contribution in [3.63, 3.8) is 0 Å². The molecule has 0 atom stereocenters. The van der Waals surface area contributed by atoms with Crippen molar-refractivity contribution in [2.75, 3.05) is 39.9 Å². The smallest absolute Gasteiger partial charge is 0.123 e. The summed E-state index contributed by atoms with van der Waals surface area (Å²) in [5, 5.41) is 3.37. The van der Waals surface area contributed by atoms with Crippen LogP contribution < -0.4 is 14.8 Å². The number of hydrogen-bond acceptors (Lipinski definition) is 4. The molecule has 4 nitrogen and oxygen atoms in total. The van der Waals surface area contributed by atoms with Crippen LogP contribution in [-0.2, 0) is 6.54 Å². The lowest BCUT2D eigenvalue weighted by molar-refractivity contribution is 0.229. The van der Waals surface area contributed by atoms with Gasteiger partial charge in [0, 0.05) is 38.3 Å². The second kappa shape index (κ2) is 7.36. The van der Waals surface area contributed by atoms with Gasteiger partial charge in [0.25, 0.3) is 0 Å².